The van der Waals surface area contributed by atoms with Gasteiger partial charge in [0.1, 0.15) is 5.75 Å². The summed E-state index contributed by atoms with van der Waals surface area (Å²) in [5, 5.41) is 2.67. The molecule has 0 unspecified atom stereocenters. The van der Waals surface area contributed by atoms with Gasteiger partial charge in [0.15, 0.2) is 6.61 Å². The van der Waals surface area contributed by atoms with E-state index in [1.165, 1.54) is 0 Å². The van der Waals surface area contributed by atoms with Gasteiger partial charge in [-0.2, -0.15) is 0 Å². The van der Waals surface area contributed by atoms with Gasteiger partial charge in [0, 0.05) is 18.7 Å². The SMILES string of the molecule is CCOc1ccccc1NC(=O)COC(=O)c1ccc(N2CCCC2=O)cc1. The molecule has 0 spiro atoms. The molecule has 7 heteroatoms. The Kier molecular flexibility index (Phi) is 6.26. The van der Waals surface area contributed by atoms with Gasteiger partial charge in [0.25, 0.3) is 5.91 Å². The highest BCUT2D eigenvalue weighted by atomic mass is 16.5. The highest BCUT2D eigenvalue weighted by molar-refractivity contribution is 5.98. The Morgan fingerprint density at radius 2 is 1.86 bits per heavy atom. The summed E-state index contributed by atoms with van der Waals surface area (Å²) in [6.45, 7) is 2.60. The van der Waals surface area contributed by atoms with E-state index < -0.39 is 18.5 Å². The van der Waals surface area contributed by atoms with Crippen LogP contribution >= 0.6 is 0 Å². The van der Waals surface area contributed by atoms with Crippen molar-refractivity contribution in [2.24, 2.45) is 0 Å². The number of benzene rings is 2. The van der Waals surface area contributed by atoms with Crippen LogP contribution in [-0.2, 0) is 14.3 Å². The molecule has 7 nitrogen and oxygen atoms in total. The Bertz CT molecular complexity index is 863. The second kappa shape index (κ2) is 9.03. The zero-order chi connectivity index (χ0) is 19.9. The van der Waals surface area contributed by atoms with Crippen LogP contribution in [0.4, 0.5) is 11.4 Å². The summed E-state index contributed by atoms with van der Waals surface area (Å²) in [4.78, 5) is 37.7. The topological polar surface area (TPSA) is 84.9 Å². The van der Waals surface area contributed by atoms with Gasteiger partial charge in [0.05, 0.1) is 17.9 Å². The van der Waals surface area contributed by atoms with Gasteiger partial charge < -0.3 is 19.7 Å². The maximum atomic E-state index is 12.2. The lowest BCUT2D eigenvalue weighted by Gasteiger charge is -2.15. The zero-order valence-electron chi connectivity index (χ0n) is 15.6. The fourth-order valence-corrected chi connectivity index (χ4v) is 2.95. The minimum absolute atomic E-state index is 0.0827. The molecule has 3 rings (SSSR count). The summed E-state index contributed by atoms with van der Waals surface area (Å²) in [6, 6.07) is 13.6. The lowest BCUT2D eigenvalue weighted by molar-refractivity contribution is -0.119. The molecule has 0 radical (unpaired) electrons. The quantitative estimate of drug-likeness (QED) is 0.744. The van der Waals surface area contributed by atoms with Crippen LogP contribution in [0.3, 0.4) is 0 Å². The van der Waals surface area contributed by atoms with Crippen LogP contribution in [0, 0.1) is 0 Å². The Hall–Kier alpha value is -3.35. The van der Waals surface area contributed by atoms with E-state index >= 15 is 0 Å². The fraction of sp³-hybridized carbons (Fsp3) is 0.286. The summed E-state index contributed by atoms with van der Waals surface area (Å²) in [5.41, 5.74) is 1.59. The van der Waals surface area contributed by atoms with E-state index in [0.29, 0.717) is 36.6 Å². The number of amides is 2. The number of nitrogens with one attached hydrogen (secondary N) is 1. The average molecular weight is 382 g/mol. The summed E-state index contributed by atoms with van der Waals surface area (Å²) in [7, 11) is 0. The number of carbonyl (C=O) groups is 3. The molecular formula is C21H22N2O5. The number of hydrogen-bond acceptors (Lipinski definition) is 5. The molecule has 0 bridgehead atoms. The Morgan fingerprint density at radius 1 is 1.11 bits per heavy atom. The summed E-state index contributed by atoms with van der Waals surface area (Å²) < 4.78 is 10.5. The maximum absolute atomic E-state index is 12.2. The van der Waals surface area contributed by atoms with Gasteiger partial charge in [-0.1, -0.05) is 12.1 Å². The van der Waals surface area contributed by atoms with Crippen molar-refractivity contribution in [3.63, 3.8) is 0 Å². The smallest absolute Gasteiger partial charge is 0.338 e. The minimum Gasteiger partial charge on any atom is -0.492 e. The Morgan fingerprint density at radius 3 is 2.54 bits per heavy atom. The molecule has 28 heavy (non-hydrogen) atoms. The minimum atomic E-state index is -0.604. The van der Waals surface area contributed by atoms with Crippen LogP contribution in [0.1, 0.15) is 30.1 Å². The van der Waals surface area contributed by atoms with Crippen molar-refractivity contribution in [2.45, 2.75) is 19.8 Å². The van der Waals surface area contributed by atoms with Crippen molar-refractivity contribution in [1.29, 1.82) is 0 Å². The summed E-state index contributed by atoms with van der Waals surface area (Å²) >= 11 is 0. The van der Waals surface area contributed by atoms with E-state index in [0.717, 1.165) is 12.1 Å². The second-order valence-corrected chi connectivity index (χ2v) is 6.25. The first kappa shape index (κ1) is 19.4. The van der Waals surface area contributed by atoms with Crippen molar-refractivity contribution < 1.29 is 23.9 Å². The van der Waals surface area contributed by atoms with Gasteiger partial charge >= 0.3 is 5.97 Å². The molecule has 1 N–H and O–H groups in total. The van der Waals surface area contributed by atoms with Crippen molar-refractivity contribution in [2.75, 3.05) is 30.0 Å². The number of nitrogens with zero attached hydrogens (tertiary/aromatic N) is 1. The third kappa shape index (κ3) is 4.68. The van der Waals surface area contributed by atoms with Gasteiger partial charge in [-0.3, -0.25) is 9.59 Å². The van der Waals surface area contributed by atoms with Gasteiger partial charge in [-0.15, -0.1) is 0 Å². The molecule has 146 valence electrons. The lowest BCUT2D eigenvalue weighted by atomic mass is 10.2. The molecule has 2 amide bonds. The van der Waals surface area contributed by atoms with E-state index in [4.69, 9.17) is 9.47 Å². The van der Waals surface area contributed by atoms with Crippen LogP contribution in [0.15, 0.2) is 48.5 Å². The average Bonchev–Trinajstić information content (AvgIpc) is 3.14. The van der Waals surface area contributed by atoms with Crippen LogP contribution in [0.25, 0.3) is 0 Å². The van der Waals surface area contributed by atoms with E-state index in [1.807, 2.05) is 6.92 Å². The van der Waals surface area contributed by atoms with Crippen LogP contribution in [0.2, 0.25) is 0 Å². The van der Waals surface area contributed by atoms with Crippen LogP contribution < -0.4 is 15.0 Å². The number of carbonyl (C=O) groups excluding carboxylic acids is 3. The molecule has 2 aromatic rings. The molecular weight excluding hydrogens is 360 g/mol. The van der Waals surface area contributed by atoms with Crippen molar-refractivity contribution in [3.8, 4) is 5.75 Å². The molecule has 1 saturated heterocycles. The van der Waals surface area contributed by atoms with Crippen LogP contribution in [0.5, 0.6) is 5.75 Å². The maximum Gasteiger partial charge on any atom is 0.338 e. The molecule has 0 aromatic heterocycles. The number of anilines is 2. The van der Waals surface area contributed by atoms with Gasteiger partial charge in [0.2, 0.25) is 5.91 Å². The third-order valence-electron chi connectivity index (χ3n) is 4.28. The summed E-state index contributed by atoms with van der Waals surface area (Å²) in [5.74, 6) is -0.427. The molecule has 1 heterocycles. The first-order chi connectivity index (χ1) is 13.6. The summed E-state index contributed by atoms with van der Waals surface area (Å²) in [6.07, 6.45) is 1.38. The highest BCUT2D eigenvalue weighted by Gasteiger charge is 2.22. The largest absolute Gasteiger partial charge is 0.492 e. The predicted molar refractivity (Wildman–Crippen MR) is 105 cm³/mol. The standard InChI is InChI=1S/C21H22N2O5/c1-2-27-18-7-4-3-6-17(18)22-19(24)14-28-21(26)15-9-11-16(12-10-15)23-13-5-8-20(23)25/h3-4,6-7,9-12H,2,5,8,13-14H2,1H3,(H,22,24). The zero-order valence-corrected chi connectivity index (χ0v) is 15.6. The molecule has 0 aliphatic carbocycles. The first-order valence-corrected chi connectivity index (χ1v) is 9.17. The number of esters is 1. The number of ether oxygens (including phenoxy) is 2. The lowest BCUT2D eigenvalue weighted by Crippen LogP contribution is -2.23. The normalized spacial score (nSPS) is 13.3. The molecule has 0 saturated carbocycles. The van der Waals surface area contributed by atoms with Gasteiger partial charge in [-0.05, 0) is 49.7 Å². The third-order valence-corrected chi connectivity index (χ3v) is 4.28. The van der Waals surface area contributed by atoms with E-state index in [2.05, 4.69) is 5.32 Å². The predicted octanol–water partition coefficient (Wildman–Crippen LogP) is 3.01. The van der Waals surface area contributed by atoms with Crippen molar-refractivity contribution in [3.05, 3.63) is 54.1 Å². The Balaban J connectivity index is 1.54. The van der Waals surface area contributed by atoms with Crippen molar-refractivity contribution >= 4 is 29.2 Å². The van der Waals surface area contributed by atoms with Crippen molar-refractivity contribution in [1.82, 2.24) is 0 Å². The Labute approximate surface area is 163 Å². The molecule has 1 fully saturated rings. The number of hydrogen-bond donors (Lipinski definition) is 1. The molecule has 2 aromatic carbocycles. The number of para-hydroxylation sites is 2. The van der Waals surface area contributed by atoms with E-state index in [1.54, 1.807) is 53.4 Å². The van der Waals surface area contributed by atoms with E-state index in [9.17, 15) is 14.4 Å². The molecule has 1 aliphatic rings. The van der Waals surface area contributed by atoms with Crippen LogP contribution in [-0.4, -0.2) is 37.5 Å². The fourth-order valence-electron chi connectivity index (χ4n) is 2.95. The molecule has 1 aliphatic heterocycles. The number of rotatable bonds is 7. The first-order valence-electron chi connectivity index (χ1n) is 9.17. The van der Waals surface area contributed by atoms with Gasteiger partial charge in [-0.25, -0.2) is 4.79 Å². The highest BCUT2D eigenvalue weighted by Crippen LogP contribution is 2.24. The second-order valence-electron chi connectivity index (χ2n) is 6.25. The molecule has 0 atom stereocenters. The monoisotopic (exact) mass is 382 g/mol. The van der Waals surface area contributed by atoms with E-state index in [-0.39, 0.29) is 5.91 Å².